The van der Waals surface area contributed by atoms with Gasteiger partial charge in [-0.1, -0.05) is 12.1 Å². The number of hydrazine groups is 1. The lowest BCUT2D eigenvalue weighted by atomic mass is 10.2. The molecule has 1 aromatic carbocycles. The molecule has 0 saturated carbocycles. The number of amides is 2. The lowest BCUT2D eigenvalue weighted by molar-refractivity contribution is -0.144. The highest BCUT2D eigenvalue weighted by molar-refractivity contribution is 5.96. The summed E-state index contributed by atoms with van der Waals surface area (Å²) >= 11 is 0. The third kappa shape index (κ3) is 5.09. The smallest absolute Gasteiger partial charge is 0.331 e. The molecule has 24 heavy (non-hydrogen) atoms. The van der Waals surface area contributed by atoms with Gasteiger partial charge in [-0.2, -0.15) is 0 Å². The van der Waals surface area contributed by atoms with Gasteiger partial charge in [-0.15, -0.1) is 0 Å². The molecule has 0 aliphatic heterocycles. The van der Waals surface area contributed by atoms with E-state index in [4.69, 9.17) is 4.42 Å². The van der Waals surface area contributed by atoms with Gasteiger partial charge in [0.2, 0.25) is 0 Å². The highest BCUT2D eigenvalue weighted by Crippen LogP contribution is 2.05. The zero-order chi connectivity index (χ0) is 17.4. The van der Waals surface area contributed by atoms with Gasteiger partial charge in [0.05, 0.1) is 11.8 Å². The van der Waals surface area contributed by atoms with Crippen molar-refractivity contribution < 1.29 is 27.9 Å². The summed E-state index contributed by atoms with van der Waals surface area (Å²) in [7, 11) is 0. The summed E-state index contributed by atoms with van der Waals surface area (Å²) in [5.74, 6) is -2.64. The van der Waals surface area contributed by atoms with E-state index in [0.29, 0.717) is 5.76 Å². The van der Waals surface area contributed by atoms with Crippen molar-refractivity contribution in [2.45, 2.75) is 0 Å². The molecule has 8 heteroatoms. The fourth-order valence-corrected chi connectivity index (χ4v) is 1.60. The van der Waals surface area contributed by atoms with Crippen molar-refractivity contribution in [2.75, 3.05) is 6.61 Å². The molecule has 0 saturated heterocycles. The molecule has 0 fully saturated rings. The number of halogens is 1. The van der Waals surface area contributed by atoms with E-state index in [1.807, 2.05) is 10.9 Å². The Morgan fingerprint density at radius 2 is 1.92 bits per heavy atom. The molecule has 2 aromatic rings. The van der Waals surface area contributed by atoms with E-state index >= 15 is 0 Å². The number of carbonyl (C=O) groups excluding carboxylic acids is 3. The summed E-state index contributed by atoms with van der Waals surface area (Å²) in [6.07, 6.45) is 3.90. The third-order valence-electron chi connectivity index (χ3n) is 2.71. The lowest BCUT2D eigenvalue weighted by Gasteiger charge is -2.07. The number of hydrogen-bond donors (Lipinski definition) is 2. The van der Waals surface area contributed by atoms with Crippen LogP contribution in [0.15, 0.2) is 53.2 Å². The molecule has 2 amide bonds. The fraction of sp³-hybridized carbons (Fsp3) is 0.0625. The largest absolute Gasteiger partial charge is 0.465 e. The molecule has 0 radical (unpaired) electrons. The van der Waals surface area contributed by atoms with Crippen LogP contribution < -0.4 is 10.9 Å². The van der Waals surface area contributed by atoms with Crippen LogP contribution in [-0.2, 0) is 14.3 Å². The second kappa shape index (κ2) is 8.28. The first-order valence-electron chi connectivity index (χ1n) is 6.78. The van der Waals surface area contributed by atoms with Crippen molar-refractivity contribution in [1.29, 1.82) is 0 Å². The molecular formula is C16H13FN2O5. The van der Waals surface area contributed by atoms with E-state index in [2.05, 4.69) is 4.74 Å². The molecule has 0 atom stereocenters. The predicted octanol–water partition coefficient (Wildman–Crippen LogP) is 1.44. The van der Waals surface area contributed by atoms with E-state index in [0.717, 1.165) is 12.1 Å². The Bertz CT molecular complexity index is 756. The van der Waals surface area contributed by atoms with E-state index < -0.39 is 30.2 Å². The van der Waals surface area contributed by atoms with Crippen molar-refractivity contribution in [3.05, 3.63) is 65.9 Å². The third-order valence-corrected chi connectivity index (χ3v) is 2.71. The maximum Gasteiger partial charge on any atom is 0.331 e. The fourth-order valence-electron chi connectivity index (χ4n) is 1.60. The first-order valence-corrected chi connectivity index (χ1v) is 6.78. The normalized spacial score (nSPS) is 10.4. The van der Waals surface area contributed by atoms with Gasteiger partial charge in [0, 0.05) is 6.08 Å². The summed E-state index contributed by atoms with van der Waals surface area (Å²) in [5.41, 5.74) is 3.80. The Morgan fingerprint density at radius 1 is 1.12 bits per heavy atom. The summed E-state index contributed by atoms with van der Waals surface area (Å²) in [6.45, 7) is -0.612. The number of rotatable bonds is 5. The molecular weight excluding hydrogens is 319 g/mol. The SMILES string of the molecule is O=C(COC(=O)/C=C/c1ccco1)NNC(=O)c1ccccc1F. The molecule has 2 rings (SSSR count). The van der Waals surface area contributed by atoms with Crippen LogP contribution in [0, 0.1) is 5.82 Å². The number of esters is 1. The molecule has 124 valence electrons. The van der Waals surface area contributed by atoms with E-state index in [-0.39, 0.29) is 5.56 Å². The zero-order valence-electron chi connectivity index (χ0n) is 12.3. The predicted molar refractivity (Wildman–Crippen MR) is 80.7 cm³/mol. The van der Waals surface area contributed by atoms with Gasteiger partial charge >= 0.3 is 5.97 Å². The molecule has 0 bridgehead atoms. The molecule has 1 aromatic heterocycles. The summed E-state index contributed by atoms with van der Waals surface area (Å²) < 4.78 is 23.0. The van der Waals surface area contributed by atoms with Crippen LogP contribution in [-0.4, -0.2) is 24.4 Å². The Kier molecular flexibility index (Phi) is 5.84. The number of nitrogens with one attached hydrogen (secondary N) is 2. The van der Waals surface area contributed by atoms with E-state index in [1.165, 1.54) is 30.5 Å². The molecule has 0 spiro atoms. The second-order valence-electron chi connectivity index (χ2n) is 4.44. The highest BCUT2D eigenvalue weighted by atomic mass is 19.1. The van der Waals surface area contributed by atoms with Crippen molar-refractivity contribution >= 4 is 23.9 Å². The Morgan fingerprint density at radius 3 is 2.62 bits per heavy atom. The number of benzene rings is 1. The Labute approximate surface area is 136 Å². The van der Waals surface area contributed by atoms with Gasteiger partial charge in [0.1, 0.15) is 11.6 Å². The number of carbonyl (C=O) groups is 3. The van der Waals surface area contributed by atoms with Gasteiger partial charge in [-0.05, 0) is 30.3 Å². The number of ether oxygens (including phenoxy) is 1. The molecule has 1 heterocycles. The minimum Gasteiger partial charge on any atom is -0.465 e. The quantitative estimate of drug-likeness (QED) is 0.490. The summed E-state index contributed by atoms with van der Waals surface area (Å²) in [6, 6.07) is 8.57. The summed E-state index contributed by atoms with van der Waals surface area (Å²) in [4.78, 5) is 34.5. The van der Waals surface area contributed by atoms with Crippen LogP contribution in [0.2, 0.25) is 0 Å². The number of furan rings is 1. The minimum absolute atomic E-state index is 0.226. The van der Waals surface area contributed by atoms with E-state index in [9.17, 15) is 18.8 Å². The van der Waals surface area contributed by atoms with Gasteiger partial charge in [-0.25, -0.2) is 9.18 Å². The van der Waals surface area contributed by atoms with Crippen molar-refractivity contribution in [3.63, 3.8) is 0 Å². The van der Waals surface area contributed by atoms with Crippen LogP contribution in [0.5, 0.6) is 0 Å². The topological polar surface area (TPSA) is 97.6 Å². The average Bonchev–Trinajstić information content (AvgIpc) is 3.10. The Hall–Kier alpha value is -3.42. The zero-order valence-corrected chi connectivity index (χ0v) is 12.3. The molecule has 0 aliphatic carbocycles. The van der Waals surface area contributed by atoms with Crippen LogP contribution in [0.3, 0.4) is 0 Å². The van der Waals surface area contributed by atoms with Crippen molar-refractivity contribution in [1.82, 2.24) is 10.9 Å². The van der Waals surface area contributed by atoms with Crippen molar-refractivity contribution in [2.24, 2.45) is 0 Å². The number of hydrogen-bond acceptors (Lipinski definition) is 5. The maximum absolute atomic E-state index is 13.4. The average molecular weight is 332 g/mol. The maximum atomic E-state index is 13.4. The van der Waals surface area contributed by atoms with Gasteiger partial charge < -0.3 is 9.15 Å². The molecule has 2 N–H and O–H groups in total. The Balaban J connectivity index is 1.72. The summed E-state index contributed by atoms with van der Waals surface area (Å²) in [5, 5.41) is 0. The van der Waals surface area contributed by atoms with Crippen molar-refractivity contribution in [3.8, 4) is 0 Å². The van der Waals surface area contributed by atoms with Crippen LogP contribution in [0.4, 0.5) is 4.39 Å². The minimum atomic E-state index is -0.828. The van der Waals surface area contributed by atoms with Gasteiger partial charge in [0.15, 0.2) is 6.61 Å². The first-order chi connectivity index (χ1) is 11.6. The van der Waals surface area contributed by atoms with Crippen LogP contribution >= 0.6 is 0 Å². The van der Waals surface area contributed by atoms with Crippen LogP contribution in [0.25, 0.3) is 6.08 Å². The second-order valence-corrected chi connectivity index (χ2v) is 4.44. The van der Waals surface area contributed by atoms with Crippen LogP contribution in [0.1, 0.15) is 16.1 Å². The first kappa shape index (κ1) is 16.9. The lowest BCUT2D eigenvalue weighted by Crippen LogP contribution is -2.43. The highest BCUT2D eigenvalue weighted by Gasteiger charge is 2.12. The molecule has 7 nitrogen and oxygen atoms in total. The van der Waals surface area contributed by atoms with Gasteiger partial charge in [-0.3, -0.25) is 20.4 Å². The van der Waals surface area contributed by atoms with E-state index in [1.54, 1.807) is 12.1 Å². The van der Waals surface area contributed by atoms with Gasteiger partial charge in [0.25, 0.3) is 11.8 Å². The molecule has 0 unspecified atom stereocenters. The standard InChI is InChI=1S/C16H13FN2O5/c17-13-6-2-1-5-12(13)16(22)19-18-14(20)10-24-15(21)8-7-11-4-3-9-23-11/h1-9H,10H2,(H,18,20)(H,19,22)/b8-7+. The monoisotopic (exact) mass is 332 g/mol. The molecule has 0 aliphatic rings.